The molecule has 0 bridgehead atoms. The summed E-state index contributed by atoms with van der Waals surface area (Å²) in [7, 11) is 0. The molecule has 2 aliphatic rings. The summed E-state index contributed by atoms with van der Waals surface area (Å²) in [4.78, 5) is 27.1. The highest BCUT2D eigenvalue weighted by molar-refractivity contribution is 6.04. The van der Waals surface area contributed by atoms with Gasteiger partial charge in [-0.1, -0.05) is 32.1 Å². The molecule has 6 heteroatoms. The number of nitrogens with one attached hydrogen (secondary N) is 2. The predicted molar refractivity (Wildman–Crippen MR) is 128 cm³/mol. The van der Waals surface area contributed by atoms with Crippen LogP contribution in [0.15, 0.2) is 36.5 Å². The number of benzene rings is 1. The molecule has 2 aliphatic carbocycles. The fourth-order valence-corrected chi connectivity index (χ4v) is 4.97. The zero-order chi connectivity index (χ0) is 23.6. The molecule has 33 heavy (non-hydrogen) atoms. The molecule has 4 rings (SSSR count). The number of carboxylic acids is 1. The zero-order valence-electron chi connectivity index (χ0n) is 19.3. The molecule has 6 nitrogen and oxygen atoms in total. The number of H-pyrrole nitrogens is 1. The summed E-state index contributed by atoms with van der Waals surface area (Å²) in [5.74, 6) is -0.939. The van der Waals surface area contributed by atoms with Gasteiger partial charge in [-0.3, -0.25) is 9.59 Å². The van der Waals surface area contributed by atoms with E-state index in [1.165, 1.54) is 11.8 Å². The topological polar surface area (TPSA) is 106 Å². The minimum atomic E-state index is -0.702. The number of rotatable bonds is 5. The summed E-state index contributed by atoms with van der Waals surface area (Å²) in [6.45, 7) is 4.55. The van der Waals surface area contributed by atoms with E-state index < -0.39 is 5.97 Å². The van der Waals surface area contributed by atoms with E-state index in [-0.39, 0.29) is 17.2 Å². The molecule has 172 valence electrons. The second-order valence-electron chi connectivity index (χ2n) is 10.2. The van der Waals surface area contributed by atoms with Crippen LogP contribution in [0, 0.1) is 22.7 Å². The number of nitrogens with zero attached hydrogens (tertiary/aromatic N) is 1. The van der Waals surface area contributed by atoms with Crippen molar-refractivity contribution in [3.63, 3.8) is 0 Å². The quantitative estimate of drug-likeness (QED) is 0.518. The van der Waals surface area contributed by atoms with Crippen molar-refractivity contribution in [2.75, 3.05) is 5.32 Å². The van der Waals surface area contributed by atoms with E-state index in [0.717, 1.165) is 48.9 Å². The van der Waals surface area contributed by atoms with Crippen LogP contribution in [0.25, 0.3) is 5.57 Å². The van der Waals surface area contributed by atoms with Crippen molar-refractivity contribution in [1.82, 2.24) is 4.98 Å². The number of allylic oxidation sites excluding steroid dienone is 2. The Bertz CT molecular complexity index is 1130. The van der Waals surface area contributed by atoms with Crippen LogP contribution >= 0.6 is 0 Å². The fourth-order valence-electron chi connectivity index (χ4n) is 4.97. The van der Waals surface area contributed by atoms with Gasteiger partial charge in [0.1, 0.15) is 11.8 Å². The van der Waals surface area contributed by atoms with E-state index in [0.29, 0.717) is 30.0 Å². The van der Waals surface area contributed by atoms with Crippen molar-refractivity contribution >= 4 is 23.1 Å². The Kier molecular flexibility index (Phi) is 6.42. The highest BCUT2D eigenvalue weighted by Gasteiger charge is 2.28. The summed E-state index contributed by atoms with van der Waals surface area (Å²) < 4.78 is 0. The third kappa shape index (κ3) is 5.19. The number of amides is 1. The molecule has 1 amide bonds. The van der Waals surface area contributed by atoms with Crippen molar-refractivity contribution in [2.45, 2.75) is 64.7 Å². The zero-order valence-corrected chi connectivity index (χ0v) is 19.3. The Morgan fingerprint density at radius 3 is 2.55 bits per heavy atom. The fraction of sp³-hybridized carbons (Fsp3) is 0.444. The number of nitriles is 1. The molecule has 0 aliphatic heterocycles. The SMILES string of the molecule is CC1(C)CC=C(c2ccc(C3CCC(C(=O)O)CC3)cc2NC(=O)c2cc(C#N)c[nH]2)CC1. The first-order valence-electron chi connectivity index (χ1n) is 11.7. The van der Waals surface area contributed by atoms with Gasteiger partial charge < -0.3 is 15.4 Å². The number of carbonyl (C=O) groups excluding carboxylic acids is 1. The van der Waals surface area contributed by atoms with Gasteiger partial charge >= 0.3 is 5.97 Å². The third-order valence-electron chi connectivity index (χ3n) is 7.21. The van der Waals surface area contributed by atoms with Crippen LogP contribution in [0.5, 0.6) is 0 Å². The van der Waals surface area contributed by atoms with Gasteiger partial charge in [-0.2, -0.15) is 5.26 Å². The maximum absolute atomic E-state index is 13.0. The molecule has 0 radical (unpaired) electrons. The third-order valence-corrected chi connectivity index (χ3v) is 7.21. The maximum atomic E-state index is 13.0. The Morgan fingerprint density at radius 2 is 1.94 bits per heavy atom. The lowest BCUT2D eigenvalue weighted by Crippen LogP contribution is -2.21. The van der Waals surface area contributed by atoms with Gasteiger partial charge in [-0.05, 0) is 79.5 Å². The largest absolute Gasteiger partial charge is 0.481 e. The Hall–Kier alpha value is -3.33. The van der Waals surface area contributed by atoms with Crippen LogP contribution in [0.1, 0.15) is 91.9 Å². The van der Waals surface area contributed by atoms with Crippen molar-refractivity contribution < 1.29 is 14.7 Å². The molecule has 1 aromatic heterocycles. The summed E-state index contributed by atoms with van der Waals surface area (Å²) in [6, 6.07) is 9.90. The molecular weight excluding hydrogens is 414 g/mol. The summed E-state index contributed by atoms with van der Waals surface area (Å²) in [5, 5.41) is 21.4. The summed E-state index contributed by atoms with van der Waals surface area (Å²) in [6.07, 6.45) is 9.90. The molecule has 1 aromatic carbocycles. The van der Waals surface area contributed by atoms with Gasteiger partial charge in [0.25, 0.3) is 5.91 Å². The Morgan fingerprint density at radius 1 is 1.18 bits per heavy atom. The predicted octanol–water partition coefficient (Wildman–Crippen LogP) is 6.09. The first-order chi connectivity index (χ1) is 15.8. The van der Waals surface area contributed by atoms with E-state index >= 15 is 0 Å². The Labute approximate surface area is 194 Å². The minimum absolute atomic E-state index is 0.252. The number of hydrogen-bond donors (Lipinski definition) is 3. The summed E-state index contributed by atoms with van der Waals surface area (Å²) in [5.41, 5.74) is 5.25. The van der Waals surface area contributed by atoms with Gasteiger partial charge in [0, 0.05) is 17.4 Å². The number of aromatic amines is 1. The molecule has 0 unspecified atom stereocenters. The maximum Gasteiger partial charge on any atom is 0.306 e. The molecule has 1 heterocycles. The van der Waals surface area contributed by atoms with E-state index in [9.17, 15) is 14.7 Å². The smallest absolute Gasteiger partial charge is 0.306 e. The van der Waals surface area contributed by atoms with E-state index in [1.807, 2.05) is 6.07 Å². The van der Waals surface area contributed by atoms with Gasteiger partial charge in [0.2, 0.25) is 0 Å². The molecule has 0 atom stereocenters. The van der Waals surface area contributed by atoms with Gasteiger partial charge in [0.15, 0.2) is 0 Å². The molecule has 1 saturated carbocycles. The van der Waals surface area contributed by atoms with Crippen LogP contribution in [0.2, 0.25) is 0 Å². The average Bonchev–Trinajstić information content (AvgIpc) is 3.29. The van der Waals surface area contributed by atoms with Crippen molar-refractivity contribution in [3.8, 4) is 6.07 Å². The lowest BCUT2D eigenvalue weighted by molar-refractivity contribution is -0.142. The minimum Gasteiger partial charge on any atom is -0.481 e. The number of anilines is 1. The number of carboxylic acid groups (broad SMARTS) is 1. The first-order valence-corrected chi connectivity index (χ1v) is 11.7. The molecule has 0 saturated heterocycles. The average molecular weight is 446 g/mol. The Balaban J connectivity index is 1.62. The van der Waals surface area contributed by atoms with Crippen LogP contribution in [-0.4, -0.2) is 22.0 Å². The second kappa shape index (κ2) is 9.27. The molecule has 2 aromatic rings. The molecule has 1 fully saturated rings. The normalized spacial score (nSPS) is 22.2. The number of aromatic nitrogens is 1. The van der Waals surface area contributed by atoms with Crippen LogP contribution < -0.4 is 5.32 Å². The highest BCUT2D eigenvalue weighted by Crippen LogP contribution is 2.42. The van der Waals surface area contributed by atoms with E-state index in [1.54, 1.807) is 6.07 Å². The lowest BCUT2D eigenvalue weighted by Gasteiger charge is -2.30. The number of hydrogen-bond acceptors (Lipinski definition) is 3. The van der Waals surface area contributed by atoms with E-state index in [2.05, 4.69) is 48.4 Å². The standard InChI is InChI=1S/C27H31N3O3/c1-27(2)11-9-19(10-12-27)22-8-7-21(18-3-5-20(6-4-18)26(32)33)14-23(22)30-25(31)24-13-17(15-28)16-29-24/h7-9,13-14,16,18,20,29H,3-6,10-12H2,1-2H3,(H,30,31)(H,32,33). The van der Waals surface area contributed by atoms with Crippen LogP contribution in [-0.2, 0) is 4.79 Å². The van der Waals surface area contributed by atoms with Crippen molar-refractivity contribution in [1.29, 1.82) is 5.26 Å². The lowest BCUT2D eigenvalue weighted by atomic mass is 9.76. The van der Waals surface area contributed by atoms with Crippen molar-refractivity contribution in [2.24, 2.45) is 11.3 Å². The first kappa shape index (κ1) is 22.8. The number of aliphatic carboxylic acids is 1. The van der Waals surface area contributed by atoms with Crippen LogP contribution in [0.3, 0.4) is 0 Å². The highest BCUT2D eigenvalue weighted by atomic mass is 16.4. The van der Waals surface area contributed by atoms with Gasteiger partial charge in [-0.25, -0.2) is 0 Å². The molecular formula is C27H31N3O3. The van der Waals surface area contributed by atoms with Gasteiger partial charge in [0.05, 0.1) is 11.5 Å². The molecule has 0 spiro atoms. The van der Waals surface area contributed by atoms with Crippen LogP contribution in [0.4, 0.5) is 5.69 Å². The molecule has 3 N–H and O–H groups in total. The number of carbonyl (C=O) groups is 2. The summed E-state index contributed by atoms with van der Waals surface area (Å²) >= 11 is 0. The monoisotopic (exact) mass is 445 g/mol. The second-order valence-corrected chi connectivity index (χ2v) is 10.2. The van der Waals surface area contributed by atoms with E-state index in [4.69, 9.17) is 5.26 Å². The van der Waals surface area contributed by atoms with Crippen molar-refractivity contribution in [3.05, 3.63) is 58.9 Å². The van der Waals surface area contributed by atoms with Gasteiger partial charge in [-0.15, -0.1) is 0 Å².